The van der Waals surface area contributed by atoms with E-state index in [4.69, 9.17) is 23.2 Å². The van der Waals surface area contributed by atoms with Crippen LogP contribution in [-0.4, -0.2) is 18.9 Å². The maximum Gasteiger partial charge on any atom is 0.265 e. The van der Waals surface area contributed by atoms with Crippen molar-refractivity contribution in [1.82, 2.24) is 0 Å². The Morgan fingerprint density at radius 3 is 2.19 bits per heavy atom. The van der Waals surface area contributed by atoms with Gasteiger partial charge in [0.25, 0.3) is 5.91 Å². The number of carbonyl (C=O) groups is 2. The van der Waals surface area contributed by atoms with E-state index >= 15 is 0 Å². The SMILES string of the molecule is CC(=O)N(C)c1ccc(NC(=O)c2ccc(-c3cc(Cl)cc(Cl)c3)s2)cc1. The monoisotopic (exact) mass is 418 g/mol. The van der Waals surface area contributed by atoms with E-state index in [1.165, 1.54) is 23.2 Å². The van der Waals surface area contributed by atoms with Crippen LogP contribution in [0.1, 0.15) is 16.6 Å². The van der Waals surface area contributed by atoms with Gasteiger partial charge in [-0.15, -0.1) is 11.3 Å². The molecule has 0 fully saturated rings. The Morgan fingerprint density at radius 2 is 1.59 bits per heavy atom. The van der Waals surface area contributed by atoms with Crippen molar-refractivity contribution in [2.45, 2.75) is 6.92 Å². The summed E-state index contributed by atoms with van der Waals surface area (Å²) >= 11 is 13.5. The van der Waals surface area contributed by atoms with E-state index < -0.39 is 0 Å². The maximum absolute atomic E-state index is 12.5. The number of halogens is 2. The lowest BCUT2D eigenvalue weighted by Gasteiger charge is -2.15. The van der Waals surface area contributed by atoms with E-state index in [2.05, 4.69) is 5.32 Å². The molecular weight excluding hydrogens is 403 g/mol. The second-order valence-electron chi connectivity index (χ2n) is 5.90. The van der Waals surface area contributed by atoms with Gasteiger partial charge in [-0.2, -0.15) is 0 Å². The van der Waals surface area contributed by atoms with Crippen LogP contribution in [0.3, 0.4) is 0 Å². The maximum atomic E-state index is 12.5. The van der Waals surface area contributed by atoms with E-state index in [0.29, 0.717) is 20.6 Å². The predicted octanol–water partition coefficient (Wildman–Crippen LogP) is 5.96. The van der Waals surface area contributed by atoms with E-state index in [1.807, 2.05) is 18.2 Å². The number of hydrogen-bond acceptors (Lipinski definition) is 3. The fourth-order valence-electron chi connectivity index (χ4n) is 2.45. The first kappa shape index (κ1) is 19.4. The van der Waals surface area contributed by atoms with Gasteiger partial charge in [-0.25, -0.2) is 0 Å². The number of amides is 2. The summed E-state index contributed by atoms with van der Waals surface area (Å²) in [5, 5.41) is 3.95. The standard InChI is InChI=1S/C20H16Cl2N2O2S/c1-12(25)24(2)17-5-3-16(4-6-17)23-20(26)19-8-7-18(27-19)13-9-14(21)11-15(22)10-13/h3-11H,1-2H3,(H,23,26). The highest BCUT2D eigenvalue weighted by molar-refractivity contribution is 7.17. The van der Waals surface area contributed by atoms with Gasteiger partial charge in [0.1, 0.15) is 0 Å². The Bertz CT molecular complexity index is 979. The Balaban J connectivity index is 1.73. The van der Waals surface area contributed by atoms with Gasteiger partial charge < -0.3 is 10.2 Å². The van der Waals surface area contributed by atoms with Crippen molar-refractivity contribution >= 4 is 57.7 Å². The van der Waals surface area contributed by atoms with Crippen LogP contribution in [0.25, 0.3) is 10.4 Å². The van der Waals surface area contributed by atoms with Gasteiger partial charge in [0.15, 0.2) is 0 Å². The van der Waals surface area contributed by atoms with Crippen LogP contribution < -0.4 is 10.2 Å². The summed E-state index contributed by atoms with van der Waals surface area (Å²) in [5.41, 5.74) is 2.28. The fourth-order valence-corrected chi connectivity index (χ4v) is 3.87. The van der Waals surface area contributed by atoms with Crippen LogP contribution in [0.4, 0.5) is 11.4 Å². The van der Waals surface area contributed by atoms with Crippen LogP contribution >= 0.6 is 34.5 Å². The number of carbonyl (C=O) groups excluding carboxylic acids is 2. The summed E-state index contributed by atoms with van der Waals surface area (Å²) in [6.07, 6.45) is 0. The molecule has 0 unspecified atom stereocenters. The van der Waals surface area contributed by atoms with E-state index in [1.54, 1.807) is 43.4 Å². The molecule has 3 aromatic rings. The first-order valence-electron chi connectivity index (χ1n) is 8.05. The quantitative estimate of drug-likeness (QED) is 0.568. The average molecular weight is 419 g/mol. The summed E-state index contributed by atoms with van der Waals surface area (Å²) in [5.74, 6) is -0.258. The van der Waals surface area contributed by atoms with Crippen LogP contribution in [0.15, 0.2) is 54.6 Å². The lowest BCUT2D eigenvalue weighted by molar-refractivity contribution is -0.116. The van der Waals surface area contributed by atoms with Gasteiger partial charge in [-0.1, -0.05) is 23.2 Å². The Hall–Kier alpha value is -2.34. The molecule has 2 aromatic carbocycles. The molecule has 7 heteroatoms. The summed E-state index contributed by atoms with van der Waals surface area (Å²) in [7, 11) is 1.70. The first-order valence-corrected chi connectivity index (χ1v) is 9.63. The topological polar surface area (TPSA) is 49.4 Å². The van der Waals surface area contributed by atoms with Gasteiger partial charge in [0.2, 0.25) is 5.91 Å². The van der Waals surface area contributed by atoms with E-state index in [-0.39, 0.29) is 11.8 Å². The highest BCUT2D eigenvalue weighted by atomic mass is 35.5. The molecule has 0 radical (unpaired) electrons. The molecular formula is C20H16Cl2N2O2S. The summed E-state index contributed by atoms with van der Waals surface area (Å²) in [6.45, 7) is 1.50. The predicted molar refractivity (Wildman–Crippen MR) is 113 cm³/mol. The summed E-state index contributed by atoms with van der Waals surface area (Å²) in [4.78, 5) is 26.9. The molecule has 0 atom stereocenters. The van der Waals surface area contributed by atoms with Crippen molar-refractivity contribution in [2.24, 2.45) is 0 Å². The van der Waals surface area contributed by atoms with Crippen LogP contribution in [0.2, 0.25) is 10.0 Å². The van der Waals surface area contributed by atoms with Crippen molar-refractivity contribution in [3.05, 3.63) is 69.5 Å². The number of nitrogens with one attached hydrogen (secondary N) is 1. The highest BCUT2D eigenvalue weighted by Crippen LogP contribution is 2.32. The normalized spacial score (nSPS) is 10.5. The van der Waals surface area contributed by atoms with Crippen molar-refractivity contribution in [3.8, 4) is 10.4 Å². The third kappa shape index (κ3) is 4.69. The fraction of sp³-hybridized carbons (Fsp3) is 0.100. The minimum absolute atomic E-state index is 0.0565. The van der Waals surface area contributed by atoms with Crippen molar-refractivity contribution in [3.63, 3.8) is 0 Å². The second kappa shape index (κ2) is 8.13. The van der Waals surface area contributed by atoms with Crippen molar-refractivity contribution in [1.29, 1.82) is 0 Å². The molecule has 1 aromatic heterocycles. The third-order valence-electron chi connectivity index (χ3n) is 3.96. The van der Waals surface area contributed by atoms with Gasteiger partial charge >= 0.3 is 0 Å². The number of anilines is 2. The lowest BCUT2D eigenvalue weighted by atomic mass is 10.2. The number of nitrogens with zero attached hydrogens (tertiary/aromatic N) is 1. The van der Waals surface area contributed by atoms with E-state index in [9.17, 15) is 9.59 Å². The zero-order chi connectivity index (χ0) is 19.6. The lowest BCUT2D eigenvalue weighted by Crippen LogP contribution is -2.22. The number of thiophene rings is 1. The molecule has 4 nitrogen and oxygen atoms in total. The van der Waals surface area contributed by atoms with Gasteiger partial charge in [-0.05, 0) is 60.2 Å². The number of benzene rings is 2. The molecule has 0 aliphatic rings. The molecule has 1 heterocycles. The number of hydrogen-bond donors (Lipinski definition) is 1. The minimum Gasteiger partial charge on any atom is -0.321 e. The Morgan fingerprint density at radius 1 is 0.963 bits per heavy atom. The molecule has 27 heavy (non-hydrogen) atoms. The molecule has 0 saturated heterocycles. The second-order valence-corrected chi connectivity index (χ2v) is 7.86. The van der Waals surface area contributed by atoms with Gasteiger partial charge in [0, 0.05) is 40.3 Å². The van der Waals surface area contributed by atoms with Crippen molar-refractivity contribution < 1.29 is 9.59 Å². The minimum atomic E-state index is -0.202. The molecule has 0 spiro atoms. The first-order chi connectivity index (χ1) is 12.8. The Labute approximate surface area is 171 Å². The average Bonchev–Trinajstić information content (AvgIpc) is 3.11. The highest BCUT2D eigenvalue weighted by Gasteiger charge is 2.12. The van der Waals surface area contributed by atoms with E-state index in [0.717, 1.165) is 16.1 Å². The molecule has 2 amide bonds. The zero-order valence-corrected chi connectivity index (χ0v) is 17.0. The Kier molecular flexibility index (Phi) is 5.85. The molecule has 0 saturated carbocycles. The molecule has 138 valence electrons. The largest absolute Gasteiger partial charge is 0.321 e. The molecule has 0 aliphatic heterocycles. The van der Waals surface area contributed by atoms with Crippen LogP contribution in [0, 0.1) is 0 Å². The van der Waals surface area contributed by atoms with Crippen LogP contribution in [0.5, 0.6) is 0 Å². The van der Waals surface area contributed by atoms with Gasteiger partial charge in [-0.3, -0.25) is 9.59 Å². The molecule has 3 rings (SSSR count). The van der Waals surface area contributed by atoms with Crippen LogP contribution in [-0.2, 0) is 4.79 Å². The van der Waals surface area contributed by atoms with Crippen molar-refractivity contribution in [2.75, 3.05) is 17.3 Å². The number of rotatable bonds is 4. The molecule has 0 bridgehead atoms. The van der Waals surface area contributed by atoms with Gasteiger partial charge in [0.05, 0.1) is 4.88 Å². The summed E-state index contributed by atoms with van der Waals surface area (Å²) in [6, 6.07) is 16.0. The summed E-state index contributed by atoms with van der Waals surface area (Å²) < 4.78 is 0. The third-order valence-corrected chi connectivity index (χ3v) is 5.53. The smallest absolute Gasteiger partial charge is 0.265 e. The molecule has 0 aliphatic carbocycles. The molecule has 1 N–H and O–H groups in total. The zero-order valence-electron chi connectivity index (χ0n) is 14.6.